The van der Waals surface area contributed by atoms with Crippen molar-refractivity contribution in [1.82, 2.24) is 9.13 Å². The Morgan fingerprint density at radius 3 is 1.66 bits per heavy atom. The number of nitrogens with two attached hydrogens (primary N) is 1. The standard InChI is InChI=1S/C55H43N3/c1-37-50(55(37,31-32-56)44-16-12-15-41(33-44)40-25-23-39(24-26-40)38-13-4-2-5-14-38)36-57-51-21-10-8-19-46(51)48-34-42(27-29-52(48)57)43-28-30-54-49(35-43)47-20-9-11-22-53(47)58(54)45-17-6-3-7-18-45/h2-35,37,50H,36,56H2,1H3/b32-31-/t37?,50-,55?/m0/s1. The van der Waals surface area contributed by atoms with Gasteiger partial charge in [-0.05, 0) is 106 Å². The van der Waals surface area contributed by atoms with Gasteiger partial charge in [0.25, 0.3) is 0 Å². The lowest BCUT2D eigenvalue weighted by Gasteiger charge is -2.17. The highest BCUT2D eigenvalue weighted by Gasteiger charge is 2.61. The molecule has 0 saturated heterocycles. The van der Waals surface area contributed by atoms with Crippen molar-refractivity contribution in [2.24, 2.45) is 17.6 Å². The molecule has 8 aromatic carbocycles. The van der Waals surface area contributed by atoms with Gasteiger partial charge in [0, 0.05) is 50.2 Å². The van der Waals surface area contributed by atoms with E-state index in [1.54, 1.807) is 6.20 Å². The van der Waals surface area contributed by atoms with Gasteiger partial charge in [-0.15, -0.1) is 0 Å². The van der Waals surface area contributed by atoms with E-state index in [0.717, 1.165) is 6.54 Å². The van der Waals surface area contributed by atoms with Crippen LogP contribution < -0.4 is 5.73 Å². The van der Waals surface area contributed by atoms with Crippen molar-refractivity contribution in [3.63, 3.8) is 0 Å². The van der Waals surface area contributed by atoms with Gasteiger partial charge in [0.2, 0.25) is 0 Å². The zero-order chi connectivity index (χ0) is 38.8. The van der Waals surface area contributed by atoms with Crippen LogP contribution >= 0.6 is 0 Å². The Kier molecular flexibility index (Phi) is 7.97. The molecule has 3 atom stereocenters. The third kappa shape index (κ3) is 5.34. The summed E-state index contributed by atoms with van der Waals surface area (Å²) in [5, 5.41) is 5.10. The highest BCUT2D eigenvalue weighted by Crippen LogP contribution is 2.62. The van der Waals surface area contributed by atoms with E-state index in [-0.39, 0.29) is 5.41 Å². The van der Waals surface area contributed by atoms with Crippen molar-refractivity contribution in [2.75, 3.05) is 0 Å². The van der Waals surface area contributed by atoms with Crippen molar-refractivity contribution < 1.29 is 0 Å². The van der Waals surface area contributed by atoms with Gasteiger partial charge in [-0.1, -0.05) is 159 Å². The monoisotopic (exact) mass is 745 g/mol. The van der Waals surface area contributed by atoms with Crippen molar-refractivity contribution in [3.05, 3.63) is 212 Å². The maximum atomic E-state index is 6.27. The number of nitrogens with zero attached hydrogens (tertiary/aromatic N) is 2. The maximum Gasteiger partial charge on any atom is 0.0541 e. The zero-order valence-corrected chi connectivity index (χ0v) is 32.5. The highest BCUT2D eigenvalue weighted by atomic mass is 15.0. The summed E-state index contributed by atoms with van der Waals surface area (Å²) in [6.45, 7) is 3.29. The Bertz CT molecular complexity index is 3170. The molecule has 11 rings (SSSR count). The fourth-order valence-electron chi connectivity index (χ4n) is 10.1. The van der Waals surface area contributed by atoms with Gasteiger partial charge in [0.1, 0.15) is 0 Å². The molecule has 0 bridgehead atoms. The van der Waals surface area contributed by atoms with Crippen LogP contribution in [0.25, 0.3) is 82.7 Å². The Morgan fingerprint density at radius 1 is 0.466 bits per heavy atom. The molecule has 1 aliphatic carbocycles. The fraction of sp³-hybridized carbons (Fsp3) is 0.0909. The normalized spacial score (nSPS) is 17.9. The molecule has 2 aromatic heterocycles. The van der Waals surface area contributed by atoms with Crippen LogP contribution in [0.4, 0.5) is 0 Å². The lowest BCUT2D eigenvalue weighted by atomic mass is 9.89. The molecule has 2 unspecified atom stereocenters. The SMILES string of the molecule is CC1[C@H](Cn2c3ccccc3c3cc(-c4ccc5c(c4)c4ccccc4n5-c4ccccc4)ccc32)C1(/C=C\N)c1cccc(-c2ccc(-c3ccccc3)cc2)c1. The molecule has 0 radical (unpaired) electrons. The minimum atomic E-state index is -0.152. The largest absolute Gasteiger partial charge is 0.405 e. The first-order chi connectivity index (χ1) is 28.6. The number of benzene rings is 8. The Balaban J connectivity index is 0.954. The van der Waals surface area contributed by atoms with E-state index in [1.165, 1.54) is 88.2 Å². The van der Waals surface area contributed by atoms with Crippen molar-refractivity contribution in [2.45, 2.75) is 18.9 Å². The van der Waals surface area contributed by atoms with Gasteiger partial charge in [0.05, 0.1) is 11.0 Å². The summed E-state index contributed by atoms with van der Waals surface area (Å²) in [5.74, 6) is 0.800. The number of fused-ring (bicyclic) bond motifs is 6. The van der Waals surface area contributed by atoms with Gasteiger partial charge in [-0.2, -0.15) is 0 Å². The van der Waals surface area contributed by atoms with E-state index < -0.39 is 0 Å². The first-order valence-electron chi connectivity index (χ1n) is 20.4. The molecular weight excluding hydrogens is 703 g/mol. The summed E-state index contributed by atoms with van der Waals surface area (Å²) >= 11 is 0. The van der Waals surface area contributed by atoms with Crippen LogP contribution in [0.5, 0.6) is 0 Å². The van der Waals surface area contributed by atoms with Crippen LogP contribution in [0.3, 0.4) is 0 Å². The van der Waals surface area contributed by atoms with Gasteiger partial charge in [-0.25, -0.2) is 0 Å². The Hall–Kier alpha value is -7.10. The molecule has 1 aliphatic rings. The predicted molar refractivity (Wildman–Crippen MR) is 244 cm³/mol. The molecule has 3 heteroatoms. The molecule has 0 spiro atoms. The zero-order valence-electron chi connectivity index (χ0n) is 32.5. The summed E-state index contributed by atoms with van der Waals surface area (Å²) in [6, 6.07) is 71.0. The minimum Gasteiger partial charge on any atom is -0.405 e. The number of allylic oxidation sites excluding steroid dienone is 1. The van der Waals surface area contributed by atoms with E-state index in [4.69, 9.17) is 5.73 Å². The van der Waals surface area contributed by atoms with Gasteiger partial charge >= 0.3 is 0 Å². The van der Waals surface area contributed by atoms with E-state index in [2.05, 4.69) is 216 Å². The summed E-state index contributed by atoms with van der Waals surface area (Å²) in [4.78, 5) is 0. The van der Waals surface area contributed by atoms with E-state index in [9.17, 15) is 0 Å². The van der Waals surface area contributed by atoms with Crippen LogP contribution in [-0.4, -0.2) is 9.13 Å². The molecule has 2 N–H and O–H groups in total. The topological polar surface area (TPSA) is 35.9 Å². The van der Waals surface area contributed by atoms with Crippen LogP contribution in [-0.2, 0) is 12.0 Å². The molecule has 1 saturated carbocycles. The molecule has 0 aliphatic heterocycles. The van der Waals surface area contributed by atoms with Gasteiger partial charge in [-0.3, -0.25) is 0 Å². The first kappa shape index (κ1) is 34.2. The van der Waals surface area contributed by atoms with Gasteiger partial charge in [0.15, 0.2) is 0 Å². The van der Waals surface area contributed by atoms with Crippen molar-refractivity contribution >= 4 is 43.6 Å². The molecule has 10 aromatic rings. The number of hydrogen-bond acceptors (Lipinski definition) is 1. The third-order valence-corrected chi connectivity index (χ3v) is 13.1. The average Bonchev–Trinajstić information content (AvgIpc) is 3.53. The van der Waals surface area contributed by atoms with E-state index >= 15 is 0 Å². The molecule has 1 fully saturated rings. The quantitative estimate of drug-likeness (QED) is 0.165. The third-order valence-electron chi connectivity index (χ3n) is 13.1. The Labute approximate surface area is 338 Å². The Morgan fingerprint density at radius 2 is 0.948 bits per heavy atom. The average molecular weight is 746 g/mol. The molecule has 3 nitrogen and oxygen atoms in total. The predicted octanol–water partition coefficient (Wildman–Crippen LogP) is 13.6. The second-order valence-electron chi connectivity index (χ2n) is 16.0. The molecule has 0 amide bonds. The van der Waals surface area contributed by atoms with Crippen LogP contribution in [0.1, 0.15) is 12.5 Å². The van der Waals surface area contributed by atoms with Gasteiger partial charge < -0.3 is 14.9 Å². The fourth-order valence-corrected chi connectivity index (χ4v) is 10.1. The lowest BCUT2D eigenvalue weighted by molar-refractivity contribution is 0.597. The summed E-state index contributed by atoms with van der Waals surface area (Å²) in [5.41, 5.74) is 20.9. The number of hydrogen-bond donors (Lipinski definition) is 1. The number of aromatic nitrogens is 2. The van der Waals surface area contributed by atoms with E-state index in [1.807, 2.05) is 0 Å². The van der Waals surface area contributed by atoms with Crippen LogP contribution in [0.2, 0.25) is 0 Å². The highest BCUT2D eigenvalue weighted by molar-refractivity contribution is 6.12. The van der Waals surface area contributed by atoms with Crippen molar-refractivity contribution in [3.8, 4) is 39.1 Å². The van der Waals surface area contributed by atoms with Crippen LogP contribution in [0, 0.1) is 11.8 Å². The first-order valence-corrected chi connectivity index (χ1v) is 20.4. The van der Waals surface area contributed by atoms with E-state index in [0.29, 0.717) is 11.8 Å². The number of rotatable bonds is 8. The lowest BCUT2D eigenvalue weighted by Crippen LogP contribution is -2.12. The van der Waals surface area contributed by atoms with Crippen molar-refractivity contribution in [1.29, 1.82) is 0 Å². The second-order valence-corrected chi connectivity index (χ2v) is 16.0. The summed E-state index contributed by atoms with van der Waals surface area (Å²) in [6.07, 6.45) is 4.03. The molecule has 278 valence electrons. The smallest absolute Gasteiger partial charge is 0.0541 e. The number of para-hydroxylation sites is 3. The molecule has 2 heterocycles. The second kappa shape index (κ2) is 13.5. The minimum absolute atomic E-state index is 0.152. The van der Waals surface area contributed by atoms with Crippen LogP contribution in [0.15, 0.2) is 206 Å². The summed E-state index contributed by atoms with van der Waals surface area (Å²) in [7, 11) is 0. The molecular formula is C55H43N3. The molecule has 58 heavy (non-hydrogen) atoms. The summed E-state index contributed by atoms with van der Waals surface area (Å²) < 4.78 is 4.94. The maximum absolute atomic E-state index is 6.27.